The molecule has 0 radical (unpaired) electrons. The average molecular weight is 324 g/mol. The molecule has 3 rings (SSSR count). The molecule has 2 aromatic rings. The van der Waals surface area contributed by atoms with Crippen LogP contribution in [0.2, 0.25) is 5.02 Å². The Bertz CT molecular complexity index is 840. The highest BCUT2D eigenvalue weighted by Gasteiger charge is 2.28. The fraction of sp³-hybridized carbons (Fsp3) is 0.375. The fourth-order valence-electron chi connectivity index (χ4n) is 2.42. The maximum Gasteiger partial charge on any atom is 0.343 e. The number of fused-ring (bicyclic) bond motifs is 1. The summed E-state index contributed by atoms with van der Waals surface area (Å²) in [5.74, 6) is -1.18. The maximum absolute atomic E-state index is 14.0. The van der Waals surface area contributed by atoms with Gasteiger partial charge in [0.05, 0.1) is 5.52 Å². The number of ether oxygens (including phenoxy) is 1. The van der Waals surface area contributed by atoms with E-state index in [1.54, 1.807) is 4.57 Å². The second-order valence-corrected chi connectivity index (χ2v) is 5.86. The minimum absolute atomic E-state index is 0.0386. The van der Waals surface area contributed by atoms with E-state index in [1.807, 2.05) is 6.92 Å². The highest BCUT2D eigenvalue weighted by atomic mass is 35.5. The van der Waals surface area contributed by atoms with Gasteiger partial charge in [0.1, 0.15) is 22.5 Å². The van der Waals surface area contributed by atoms with Gasteiger partial charge >= 0.3 is 5.97 Å². The average Bonchev–Trinajstić information content (AvgIpc) is 3.29. The Morgan fingerprint density at radius 1 is 1.50 bits per heavy atom. The molecule has 0 spiro atoms. The van der Waals surface area contributed by atoms with Crippen molar-refractivity contribution in [2.45, 2.75) is 39.3 Å². The van der Waals surface area contributed by atoms with Gasteiger partial charge in [0, 0.05) is 18.1 Å². The lowest BCUT2D eigenvalue weighted by Gasteiger charge is -2.14. The summed E-state index contributed by atoms with van der Waals surface area (Å²) in [6, 6.07) is 1.43. The SMILES string of the molecule is CCn1cc(C(=O)OC2CC2)c(=O)c2cc(C)c(F)c(Cl)c21. The van der Waals surface area contributed by atoms with Crippen LogP contribution >= 0.6 is 11.6 Å². The Labute approximate surface area is 131 Å². The minimum Gasteiger partial charge on any atom is -0.459 e. The quantitative estimate of drug-likeness (QED) is 0.813. The smallest absolute Gasteiger partial charge is 0.343 e. The number of aromatic nitrogens is 1. The van der Waals surface area contributed by atoms with Gasteiger partial charge in [-0.2, -0.15) is 0 Å². The van der Waals surface area contributed by atoms with E-state index in [2.05, 4.69) is 0 Å². The normalized spacial score (nSPS) is 14.4. The Morgan fingerprint density at radius 3 is 2.77 bits per heavy atom. The first-order chi connectivity index (χ1) is 10.4. The Hall–Kier alpha value is -1.88. The van der Waals surface area contributed by atoms with Crippen molar-refractivity contribution in [2.24, 2.45) is 0 Å². The first-order valence-corrected chi connectivity index (χ1v) is 7.54. The molecule has 0 N–H and O–H groups in total. The van der Waals surface area contributed by atoms with Gasteiger partial charge in [-0.05, 0) is 38.3 Å². The third-order valence-electron chi connectivity index (χ3n) is 3.78. The molecule has 4 nitrogen and oxygen atoms in total. The van der Waals surface area contributed by atoms with E-state index < -0.39 is 17.2 Å². The summed E-state index contributed by atoms with van der Waals surface area (Å²) >= 11 is 6.06. The Balaban J connectivity index is 2.28. The molecular formula is C16H15ClFNO3. The van der Waals surface area contributed by atoms with Gasteiger partial charge in [0.2, 0.25) is 5.43 Å². The third-order valence-corrected chi connectivity index (χ3v) is 4.13. The van der Waals surface area contributed by atoms with E-state index in [0.717, 1.165) is 12.8 Å². The molecular weight excluding hydrogens is 309 g/mol. The molecule has 0 atom stereocenters. The van der Waals surface area contributed by atoms with E-state index in [4.69, 9.17) is 16.3 Å². The van der Waals surface area contributed by atoms with Crippen molar-refractivity contribution in [3.8, 4) is 0 Å². The topological polar surface area (TPSA) is 48.3 Å². The van der Waals surface area contributed by atoms with Crippen LogP contribution in [0.1, 0.15) is 35.7 Å². The molecule has 116 valence electrons. The van der Waals surface area contributed by atoms with Crippen LogP contribution in [0.5, 0.6) is 0 Å². The molecule has 1 aromatic carbocycles. The molecule has 0 aliphatic heterocycles. The number of halogens is 2. The van der Waals surface area contributed by atoms with Crippen LogP contribution in [-0.4, -0.2) is 16.6 Å². The molecule has 1 fully saturated rings. The highest BCUT2D eigenvalue weighted by molar-refractivity contribution is 6.35. The van der Waals surface area contributed by atoms with Gasteiger partial charge in [-0.3, -0.25) is 4.79 Å². The van der Waals surface area contributed by atoms with Gasteiger partial charge in [0.25, 0.3) is 0 Å². The number of carbonyl (C=O) groups is 1. The first-order valence-electron chi connectivity index (χ1n) is 7.16. The Kier molecular flexibility index (Phi) is 3.68. The molecule has 1 heterocycles. The molecule has 0 bridgehead atoms. The van der Waals surface area contributed by atoms with E-state index in [1.165, 1.54) is 19.2 Å². The molecule has 6 heteroatoms. The second-order valence-electron chi connectivity index (χ2n) is 5.48. The molecule has 0 amide bonds. The molecule has 1 aromatic heterocycles. The molecule has 0 unspecified atom stereocenters. The van der Waals surface area contributed by atoms with Gasteiger partial charge < -0.3 is 9.30 Å². The van der Waals surface area contributed by atoms with E-state index in [0.29, 0.717) is 12.1 Å². The van der Waals surface area contributed by atoms with E-state index >= 15 is 0 Å². The van der Waals surface area contributed by atoms with E-state index in [-0.39, 0.29) is 27.6 Å². The van der Waals surface area contributed by atoms with Gasteiger partial charge in [-0.1, -0.05) is 11.6 Å². The molecule has 1 aliphatic carbocycles. The predicted molar refractivity (Wildman–Crippen MR) is 82.0 cm³/mol. The number of benzene rings is 1. The summed E-state index contributed by atoms with van der Waals surface area (Å²) in [7, 11) is 0. The highest BCUT2D eigenvalue weighted by Crippen LogP contribution is 2.29. The summed E-state index contributed by atoms with van der Waals surface area (Å²) in [6.07, 6.45) is 2.97. The Morgan fingerprint density at radius 2 is 2.18 bits per heavy atom. The first kappa shape index (κ1) is 15.0. The lowest BCUT2D eigenvalue weighted by Crippen LogP contribution is -2.22. The van der Waals surface area contributed by atoms with Crippen LogP contribution in [0, 0.1) is 12.7 Å². The van der Waals surface area contributed by atoms with Crippen LogP contribution in [0.15, 0.2) is 17.1 Å². The molecule has 1 saturated carbocycles. The van der Waals surface area contributed by atoms with Crippen LogP contribution < -0.4 is 5.43 Å². The van der Waals surface area contributed by atoms with Gasteiger partial charge in [0.15, 0.2) is 0 Å². The third kappa shape index (κ3) is 2.39. The lowest BCUT2D eigenvalue weighted by atomic mass is 10.1. The second kappa shape index (κ2) is 5.39. The van der Waals surface area contributed by atoms with Crippen molar-refractivity contribution >= 4 is 28.5 Å². The number of hydrogen-bond donors (Lipinski definition) is 0. The predicted octanol–water partition coefficient (Wildman–Crippen LogP) is 3.44. The number of aryl methyl sites for hydroxylation is 2. The van der Waals surface area contributed by atoms with Crippen molar-refractivity contribution in [3.63, 3.8) is 0 Å². The van der Waals surface area contributed by atoms with Crippen molar-refractivity contribution in [1.82, 2.24) is 4.57 Å². The largest absolute Gasteiger partial charge is 0.459 e. The van der Waals surface area contributed by atoms with Crippen molar-refractivity contribution in [2.75, 3.05) is 0 Å². The standard InChI is InChI=1S/C16H15ClFNO3/c1-3-19-7-11(16(21)22-9-4-5-9)15(20)10-6-8(2)13(18)12(17)14(10)19/h6-7,9H,3-5H2,1-2H3. The van der Waals surface area contributed by atoms with Crippen LogP contribution in [0.4, 0.5) is 4.39 Å². The zero-order valence-corrected chi connectivity index (χ0v) is 13.0. The minimum atomic E-state index is -0.630. The van der Waals surface area contributed by atoms with Crippen LogP contribution in [0.25, 0.3) is 10.9 Å². The summed E-state index contributed by atoms with van der Waals surface area (Å²) in [5.41, 5.74) is 0.0591. The van der Waals surface area contributed by atoms with Crippen molar-refractivity contribution in [3.05, 3.63) is 44.5 Å². The van der Waals surface area contributed by atoms with E-state index in [9.17, 15) is 14.0 Å². The summed E-state index contributed by atoms with van der Waals surface area (Å²) in [4.78, 5) is 24.7. The summed E-state index contributed by atoms with van der Waals surface area (Å²) < 4.78 is 20.8. The fourth-order valence-corrected chi connectivity index (χ4v) is 2.78. The number of pyridine rings is 1. The van der Waals surface area contributed by atoms with Crippen molar-refractivity contribution < 1.29 is 13.9 Å². The molecule has 22 heavy (non-hydrogen) atoms. The summed E-state index contributed by atoms with van der Waals surface area (Å²) in [6.45, 7) is 3.81. The number of hydrogen-bond acceptors (Lipinski definition) is 3. The van der Waals surface area contributed by atoms with Crippen molar-refractivity contribution in [1.29, 1.82) is 0 Å². The van der Waals surface area contributed by atoms with Crippen LogP contribution in [-0.2, 0) is 11.3 Å². The zero-order valence-electron chi connectivity index (χ0n) is 12.3. The summed E-state index contributed by atoms with van der Waals surface area (Å²) in [5, 5.41) is 0.132. The van der Waals surface area contributed by atoms with Crippen LogP contribution in [0.3, 0.4) is 0 Å². The number of nitrogens with zero attached hydrogens (tertiary/aromatic N) is 1. The van der Waals surface area contributed by atoms with Gasteiger partial charge in [-0.25, -0.2) is 9.18 Å². The number of carbonyl (C=O) groups excluding carboxylic acids is 1. The lowest BCUT2D eigenvalue weighted by molar-refractivity contribution is 0.0470. The monoisotopic (exact) mass is 323 g/mol. The number of rotatable bonds is 3. The number of esters is 1. The maximum atomic E-state index is 14.0. The molecule has 0 saturated heterocycles. The van der Waals surface area contributed by atoms with Gasteiger partial charge in [-0.15, -0.1) is 0 Å². The zero-order chi connectivity index (χ0) is 16.0. The molecule has 1 aliphatic rings.